The lowest BCUT2D eigenvalue weighted by Crippen LogP contribution is -2.70. The first-order valence-electron chi connectivity index (χ1n) is 7.84. The topological polar surface area (TPSA) is 70.1 Å². The van der Waals surface area contributed by atoms with Gasteiger partial charge in [0.25, 0.3) is 0 Å². The molecule has 0 saturated carbocycles. The fourth-order valence-electron chi connectivity index (χ4n) is 3.25. The highest BCUT2D eigenvalue weighted by molar-refractivity contribution is 5.88. The molecular formula is C17H22N2O4. The van der Waals surface area contributed by atoms with E-state index in [9.17, 15) is 9.59 Å². The molecule has 23 heavy (non-hydrogen) atoms. The van der Waals surface area contributed by atoms with Crippen molar-refractivity contribution >= 4 is 17.7 Å². The van der Waals surface area contributed by atoms with Gasteiger partial charge in [-0.1, -0.05) is 0 Å². The van der Waals surface area contributed by atoms with Crippen molar-refractivity contribution in [1.82, 2.24) is 4.90 Å². The Bertz CT molecular complexity index is 608. The summed E-state index contributed by atoms with van der Waals surface area (Å²) in [5, 5.41) is 8.95. The van der Waals surface area contributed by atoms with Crippen molar-refractivity contribution in [3.05, 3.63) is 29.8 Å². The van der Waals surface area contributed by atoms with Crippen LogP contribution in [0.3, 0.4) is 0 Å². The van der Waals surface area contributed by atoms with Gasteiger partial charge in [-0.25, -0.2) is 9.59 Å². The molecule has 1 aromatic carbocycles. The SMILES string of the molecule is CC(C)(C)OC(=O)N1C2CC1CN(c1ccc(C(=O)O)cc1)C2. The summed E-state index contributed by atoms with van der Waals surface area (Å²) in [7, 11) is 0. The van der Waals surface area contributed by atoms with Crippen LogP contribution in [0.4, 0.5) is 10.5 Å². The average molecular weight is 318 g/mol. The minimum Gasteiger partial charge on any atom is -0.478 e. The molecule has 0 aromatic heterocycles. The van der Waals surface area contributed by atoms with E-state index in [1.54, 1.807) is 12.1 Å². The molecule has 1 amide bonds. The number of piperidine rings is 1. The molecular weight excluding hydrogens is 296 g/mol. The average Bonchev–Trinajstić information content (AvgIpc) is 2.45. The molecule has 3 aliphatic heterocycles. The number of benzene rings is 1. The fraction of sp³-hybridized carbons (Fsp3) is 0.529. The van der Waals surface area contributed by atoms with Crippen LogP contribution in [0.5, 0.6) is 0 Å². The van der Waals surface area contributed by atoms with Gasteiger partial charge in [0.05, 0.1) is 17.6 Å². The Morgan fingerprint density at radius 2 is 1.70 bits per heavy atom. The zero-order valence-corrected chi connectivity index (χ0v) is 13.7. The Labute approximate surface area is 135 Å². The molecule has 0 aliphatic carbocycles. The number of amides is 1. The third-order valence-electron chi connectivity index (χ3n) is 4.28. The third-order valence-corrected chi connectivity index (χ3v) is 4.28. The third kappa shape index (κ3) is 3.11. The largest absolute Gasteiger partial charge is 0.478 e. The lowest BCUT2D eigenvalue weighted by molar-refractivity contribution is -0.0379. The molecule has 2 bridgehead atoms. The maximum absolute atomic E-state index is 12.2. The molecule has 1 aromatic rings. The minimum absolute atomic E-state index is 0.169. The number of hydrogen-bond donors (Lipinski definition) is 1. The summed E-state index contributed by atoms with van der Waals surface area (Å²) in [5.74, 6) is -0.922. The van der Waals surface area contributed by atoms with E-state index in [1.807, 2.05) is 37.8 Å². The van der Waals surface area contributed by atoms with Crippen LogP contribution < -0.4 is 4.90 Å². The van der Waals surface area contributed by atoms with Crippen molar-refractivity contribution in [2.75, 3.05) is 18.0 Å². The maximum atomic E-state index is 12.2. The number of piperazine rings is 1. The number of carboxylic acid groups (broad SMARTS) is 1. The second-order valence-corrected chi connectivity index (χ2v) is 7.19. The smallest absolute Gasteiger partial charge is 0.410 e. The summed E-state index contributed by atoms with van der Waals surface area (Å²) >= 11 is 0. The van der Waals surface area contributed by atoms with E-state index in [-0.39, 0.29) is 23.7 Å². The zero-order valence-electron chi connectivity index (χ0n) is 13.7. The van der Waals surface area contributed by atoms with Gasteiger partial charge in [0.1, 0.15) is 5.60 Å². The zero-order chi connectivity index (χ0) is 16.8. The number of aromatic carboxylic acids is 1. The van der Waals surface area contributed by atoms with Crippen LogP contribution in [-0.2, 0) is 4.74 Å². The number of carbonyl (C=O) groups is 2. The molecule has 6 nitrogen and oxygen atoms in total. The van der Waals surface area contributed by atoms with Crippen molar-refractivity contribution in [1.29, 1.82) is 0 Å². The number of carboxylic acids is 1. The van der Waals surface area contributed by atoms with Crippen LogP contribution in [0.15, 0.2) is 24.3 Å². The highest BCUT2D eigenvalue weighted by Gasteiger charge is 2.48. The molecule has 0 spiro atoms. The Kier molecular flexibility index (Phi) is 3.70. The minimum atomic E-state index is -0.922. The Balaban J connectivity index is 1.64. The van der Waals surface area contributed by atoms with Gasteiger partial charge in [-0.2, -0.15) is 0 Å². The molecule has 2 unspecified atom stereocenters. The van der Waals surface area contributed by atoms with E-state index >= 15 is 0 Å². The summed E-state index contributed by atoms with van der Waals surface area (Å²) in [6, 6.07) is 7.22. The molecule has 6 heteroatoms. The maximum Gasteiger partial charge on any atom is 0.410 e. The molecule has 3 fully saturated rings. The van der Waals surface area contributed by atoms with Crippen molar-refractivity contribution in [3.63, 3.8) is 0 Å². The molecule has 3 saturated heterocycles. The molecule has 0 radical (unpaired) electrons. The fourth-order valence-corrected chi connectivity index (χ4v) is 3.25. The Hall–Kier alpha value is -2.24. The van der Waals surface area contributed by atoms with Crippen LogP contribution >= 0.6 is 0 Å². The van der Waals surface area contributed by atoms with E-state index in [4.69, 9.17) is 9.84 Å². The van der Waals surface area contributed by atoms with Crippen LogP contribution in [0, 0.1) is 0 Å². The normalized spacial score (nSPS) is 23.3. The van der Waals surface area contributed by atoms with Gasteiger partial charge in [0, 0.05) is 18.8 Å². The summed E-state index contributed by atoms with van der Waals surface area (Å²) < 4.78 is 5.46. The highest BCUT2D eigenvalue weighted by atomic mass is 16.6. The summed E-state index contributed by atoms with van der Waals surface area (Å²) in [5.41, 5.74) is 0.799. The first-order chi connectivity index (χ1) is 10.7. The summed E-state index contributed by atoms with van der Waals surface area (Å²) in [6.07, 6.45) is 0.766. The Morgan fingerprint density at radius 3 is 2.17 bits per heavy atom. The second kappa shape index (κ2) is 5.44. The van der Waals surface area contributed by atoms with Crippen LogP contribution in [-0.4, -0.2) is 52.8 Å². The predicted molar refractivity (Wildman–Crippen MR) is 85.9 cm³/mol. The molecule has 4 rings (SSSR count). The van der Waals surface area contributed by atoms with Gasteiger partial charge in [0.2, 0.25) is 0 Å². The lowest BCUT2D eigenvalue weighted by atomic mass is 9.87. The van der Waals surface area contributed by atoms with E-state index in [0.717, 1.165) is 25.2 Å². The van der Waals surface area contributed by atoms with Crippen molar-refractivity contribution in [2.24, 2.45) is 0 Å². The Morgan fingerprint density at radius 1 is 1.13 bits per heavy atom. The number of ether oxygens (including phenoxy) is 1. The van der Waals surface area contributed by atoms with Gasteiger partial charge in [-0.05, 0) is 51.5 Å². The van der Waals surface area contributed by atoms with Crippen molar-refractivity contribution in [3.8, 4) is 0 Å². The van der Waals surface area contributed by atoms with Gasteiger partial charge in [0.15, 0.2) is 0 Å². The van der Waals surface area contributed by atoms with Crippen LogP contribution in [0.25, 0.3) is 0 Å². The quantitative estimate of drug-likeness (QED) is 0.907. The van der Waals surface area contributed by atoms with E-state index < -0.39 is 11.6 Å². The van der Waals surface area contributed by atoms with E-state index in [1.165, 1.54) is 0 Å². The van der Waals surface area contributed by atoms with E-state index in [0.29, 0.717) is 0 Å². The number of rotatable bonds is 2. The number of nitrogens with zero attached hydrogens (tertiary/aromatic N) is 2. The number of hydrogen-bond acceptors (Lipinski definition) is 4. The number of anilines is 1. The summed E-state index contributed by atoms with van der Waals surface area (Å²) in [4.78, 5) is 27.2. The highest BCUT2D eigenvalue weighted by Crippen LogP contribution is 2.35. The van der Waals surface area contributed by atoms with Crippen molar-refractivity contribution in [2.45, 2.75) is 44.9 Å². The van der Waals surface area contributed by atoms with Crippen molar-refractivity contribution < 1.29 is 19.4 Å². The monoisotopic (exact) mass is 318 g/mol. The van der Waals surface area contributed by atoms with E-state index in [2.05, 4.69) is 4.90 Å². The second-order valence-electron chi connectivity index (χ2n) is 7.19. The van der Waals surface area contributed by atoms with Crippen LogP contribution in [0.1, 0.15) is 37.6 Å². The van der Waals surface area contributed by atoms with Gasteiger partial charge < -0.3 is 14.7 Å². The molecule has 124 valence electrons. The first kappa shape index (κ1) is 15.6. The van der Waals surface area contributed by atoms with Gasteiger partial charge in [-0.3, -0.25) is 4.90 Å². The molecule has 2 atom stereocenters. The lowest BCUT2D eigenvalue weighted by Gasteiger charge is -2.56. The number of carbonyl (C=O) groups excluding carboxylic acids is 1. The van der Waals surface area contributed by atoms with Gasteiger partial charge in [-0.15, -0.1) is 0 Å². The first-order valence-corrected chi connectivity index (χ1v) is 7.84. The standard InChI is InChI=1S/C17H22N2O4/c1-17(2,3)23-16(22)19-13-8-14(19)10-18(9-13)12-6-4-11(5-7-12)15(20)21/h4-7,13-14H,8-10H2,1-3H3,(H,20,21). The summed E-state index contributed by atoms with van der Waals surface area (Å²) in [6.45, 7) is 7.12. The number of fused-ring (bicyclic) bond motifs is 2. The van der Waals surface area contributed by atoms with Crippen LogP contribution in [0.2, 0.25) is 0 Å². The molecule has 1 N–H and O–H groups in total. The predicted octanol–water partition coefficient (Wildman–Crippen LogP) is 2.58. The van der Waals surface area contributed by atoms with Gasteiger partial charge >= 0.3 is 12.1 Å². The molecule has 3 aliphatic rings. The molecule has 3 heterocycles.